The summed E-state index contributed by atoms with van der Waals surface area (Å²) in [6, 6.07) is 12.1. The maximum atomic E-state index is 6.13. The van der Waals surface area contributed by atoms with Crippen molar-refractivity contribution < 1.29 is 4.52 Å². The van der Waals surface area contributed by atoms with Gasteiger partial charge in [0.05, 0.1) is 0 Å². The summed E-state index contributed by atoms with van der Waals surface area (Å²) < 4.78 is 6.38. The molecule has 0 spiro atoms. The molecule has 0 saturated heterocycles. The summed E-state index contributed by atoms with van der Waals surface area (Å²) in [5.74, 6) is 0.963. The van der Waals surface area contributed by atoms with Gasteiger partial charge in [0.1, 0.15) is 0 Å². The van der Waals surface area contributed by atoms with E-state index in [1.165, 1.54) is 5.56 Å². The second-order valence-corrected chi connectivity index (χ2v) is 6.75. The highest BCUT2D eigenvalue weighted by Gasteiger charge is 2.13. The molecule has 0 fully saturated rings. The van der Waals surface area contributed by atoms with Crippen LogP contribution in [0.15, 0.2) is 45.4 Å². The molecule has 3 rings (SSSR count). The minimum Gasteiger partial charge on any atom is -0.398 e. The molecule has 0 aliphatic heterocycles. The smallest absolute Gasteiger partial charge is 0.253 e. The Morgan fingerprint density at radius 3 is 2.33 bits per heavy atom. The molecule has 0 radical (unpaired) electrons. The topological polar surface area (TPSA) is 64.9 Å². The normalized spacial score (nSPS) is 11.8. The molecule has 0 atom stereocenters. The van der Waals surface area contributed by atoms with Crippen molar-refractivity contribution in [3.8, 4) is 11.4 Å². The third kappa shape index (κ3) is 3.41. The van der Waals surface area contributed by atoms with Crippen LogP contribution in [0.1, 0.15) is 28.1 Å². The second-order valence-electron chi connectivity index (χ2n) is 5.84. The van der Waals surface area contributed by atoms with Crippen molar-refractivity contribution in [1.29, 1.82) is 0 Å². The standard InChI is InChI=1S/C19H18BrN3O/c1-11-4-6-14(7-5-11)16(21)10-17-22-19(23-24-17)18-12(2)8-15(20)9-13(18)3/h4-10H,21H2,1-3H3/b16-10-. The van der Waals surface area contributed by atoms with E-state index in [9.17, 15) is 0 Å². The highest BCUT2D eigenvalue weighted by molar-refractivity contribution is 9.10. The van der Waals surface area contributed by atoms with Gasteiger partial charge in [0.2, 0.25) is 5.82 Å². The molecule has 4 nitrogen and oxygen atoms in total. The first kappa shape index (κ1) is 16.5. The van der Waals surface area contributed by atoms with Crippen LogP contribution in [0.25, 0.3) is 23.2 Å². The summed E-state index contributed by atoms with van der Waals surface area (Å²) in [4.78, 5) is 4.47. The van der Waals surface area contributed by atoms with Crippen molar-refractivity contribution >= 4 is 27.7 Å². The summed E-state index contributed by atoms with van der Waals surface area (Å²) in [6.07, 6.45) is 1.70. The first-order valence-corrected chi connectivity index (χ1v) is 8.38. The van der Waals surface area contributed by atoms with Gasteiger partial charge in [0, 0.05) is 21.8 Å². The van der Waals surface area contributed by atoms with Gasteiger partial charge in [-0.25, -0.2) is 0 Å². The van der Waals surface area contributed by atoms with Gasteiger partial charge in [0.25, 0.3) is 5.89 Å². The summed E-state index contributed by atoms with van der Waals surface area (Å²) in [7, 11) is 0. The molecule has 2 N–H and O–H groups in total. The number of halogens is 1. The fourth-order valence-corrected chi connectivity index (χ4v) is 3.31. The lowest BCUT2D eigenvalue weighted by Crippen LogP contribution is -1.96. The van der Waals surface area contributed by atoms with Crippen LogP contribution >= 0.6 is 15.9 Å². The number of hydrogen-bond donors (Lipinski definition) is 1. The van der Waals surface area contributed by atoms with E-state index in [4.69, 9.17) is 10.3 Å². The van der Waals surface area contributed by atoms with Gasteiger partial charge in [-0.1, -0.05) is 50.9 Å². The van der Waals surface area contributed by atoms with E-state index in [2.05, 4.69) is 26.1 Å². The predicted molar refractivity (Wildman–Crippen MR) is 100 cm³/mol. The van der Waals surface area contributed by atoms with E-state index in [0.29, 0.717) is 17.4 Å². The largest absolute Gasteiger partial charge is 0.398 e. The highest BCUT2D eigenvalue weighted by atomic mass is 79.9. The molecule has 5 heteroatoms. The number of hydrogen-bond acceptors (Lipinski definition) is 4. The molecule has 122 valence electrons. The molecule has 0 aliphatic rings. The third-order valence-corrected chi connectivity index (χ3v) is 4.28. The van der Waals surface area contributed by atoms with Crippen molar-refractivity contribution in [3.63, 3.8) is 0 Å². The van der Waals surface area contributed by atoms with Crippen molar-refractivity contribution in [1.82, 2.24) is 10.1 Å². The molecule has 2 aromatic carbocycles. The SMILES string of the molecule is Cc1ccc(/C(N)=C/c2nc(-c3c(C)cc(Br)cc3C)no2)cc1. The van der Waals surface area contributed by atoms with Crippen LogP contribution in [-0.2, 0) is 0 Å². The first-order chi connectivity index (χ1) is 11.4. The fraction of sp³-hybridized carbons (Fsp3) is 0.158. The number of benzene rings is 2. The highest BCUT2D eigenvalue weighted by Crippen LogP contribution is 2.28. The lowest BCUT2D eigenvalue weighted by molar-refractivity contribution is 0.411. The van der Waals surface area contributed by atoms with Crippen molar-refractivity contribution in [2.75, 3.05) is 0 Å². The van der Waals surface area contributed by atoms with E-state index in [1.54, 1.807) is 6.08 Å². The molecular formula is C19H18BrN3O. The number of nitrogens with zero attached hydrogens (tertiary/aromatic N) is 2. The lowest BCUT2D eigenvalue weighted by atomic mass is 10.0. The average molecular weight is 384 g/mol. The predicted octanol–water partition coefficient (Wildman–Crippen LogP) is 4.88. The average Bonchev–Trinajstić information content (AvgIpc) is 2.95. The molecule has 0 saturated carbocycles. The van der Waals surface area contributed by atoms with Crippen LogP contribution in [0.5, 0.6) is 0 Å². The van der Waals surface area contributed by atoms with Crippen molar-refractivity contribution in [2.24, 2.45) is 5.73 Å². The Balaban J connectivity index is 1.94. The molecule has 0 bridgehead atoms. The van der Waals surface area contributed by atoms with Gasteiger partial charge < -0.3 is 10.3 Å². The van der Waals surface area contributed by atoms with Crippen LogP contribution in [0.2, 0.25) is 0 Å². The molecule has 1 aromatic heterocycles. The maximum absolute atomic E-state index is 6.13. The maximum Gasteiger partial charge on any atom is 0.253 e. The lowest BCUT2D eigenvalue weighted by Gasteiger charge is -2.06. The Hall–Kier alpha value is -2.40. The van der Waals surface area contributed by atoms with Gasteiger partial charge >= 0.3 is 0 Å². The van der Waals surface area contributed by atoms with Crippen LogP contribution < -0.4 is 5.73 Å². The molecule has 3 aromatic rings. The molecule has 1 heterocycles. The van der Waals surface area contributed by atoms with Gasteiger partial charge in [0.15, 0.2) is 0 Å². The van der Waals surface area contributed by atoms with Crippen LogP contribution in [0, 0.1) is 20.8 Å². The van der Waals surface area contributed by atoms with Crippen molar-refractivity contribution in [3.05, 3.63) is 69.0 Å². The summed E-state index contributed by atoms with van der Waals surface area (Å²) in [5, 5.41) is 4.10. The Morgan fingerprint density at radius 1 is 1.08 bits per heavy atom. The molecular weight excluding hydrogens is 366 g/mol. The number of aromatic nitrogens is 2. The number of aryl methyl sites for hydroxylation is 3. The Bertz CT molecular complexity index is 888. The number of nitrogens with two attached hydrogens (primary N) is 1. The monoisotopic (exact) mass is 383 g/mol. The summed E-state index contributed by atoms with van der Waals surface area (Å²) in [6.45, 7) is 6.09. The zero-order valence-corrected chi connectivity index (χ0v) is 15.4. The minimum absolute atomic E-state index is 0.393. The van der Waals surface area contributed by atoms with Gasteiger partial charge in [-0.15, -0.1) is 0 Å². The molecule has 0 unspecified atom stereocenters. The number of rotatable bonds is 3. The van der Waals surface area contributed by atoms with Crippen LogP contribution in [0.4, 0.5) is 0 Å². The van der Waals surface area contributed by atoms with E-state index in [1.807, 2.05) is 57.2 Å². The van der Waals surface area contributed by atoms with Gasteiger partial charge in [-0.3, -0.25) is 0 Å². The van der Waals surface area contributed by atoms with Crippen LogP contribution in [-0.4, -0.2) is 10.1 Å². The second kappa shape index (κ2) is 6.61. The van der Waals surface area contributed by atoms with Gasteiger partial charge in [-0.05, 0) is 49.6 Å². The van der Waals surface area contributed by atoms with E-state index in [-0.39, 0.29) is 0 Å². The zero-order chi connectivity index (χ0) is 17.3. The first-order valence-electron chi connectivity index (χ1n) is 7.59. The van der Waals surface area contributed by atoms with Gasteiger partial charge in [-0.2, -0.15) is 4.98 Å². The third-order valence-electron chi connectivity index (χ3n) is 3.83. The fourth-order valence-electron chi connectivity index (χ4n) is 2.62. The van der Waals surface area contributed by atoms with Crippen molar-refractivity contribution in [2.45, 2.75) is 20.8 Å². The zero-order valence-electron chi connectivity index (χ0n) is 13.8. The van der Waals surface area contributed by atoms with E-state index >= 15 is 0 Å². The minimum atomic E-state index is 0.393. The molecule has 0 amide bonds. The molecule has 0 aliphatic carbocycles. The van der Waals surface area contributed by atoms with E-state index in [0.717, 1.165) is 26.7 Å². The summed E-state index contributed by atoms with van der Waals surface area (Å²) >= 11 is 3.50. The van der Waals surface area contributed by atoms with Crippen LogP contribution in [0.3, 0.4) is 0 Å². The Morgan fingerprint density at radius 2 is 1.71 bits per heavy atom. The Labute approximate surface area is 149 Å². The quantitative estimate of drug-likeness (QED) is 0.699. The summed E-state index contributed by atoms with van der Waals surface area (Å²) in [5.41, 5.74) is 12.0. The molecule has 24 heavy (non-hydrogen) atoms. The van der Waals surface area contributed by atoms with E-state index < -0.39 is 0 Å². The Kier molecular flexibility index (Phi) is 4.53.